The van der Waals surface area contributed by atoms with Crippen molar-refractivity contribution in [1.82, 2.24) is 25.6 Å². The molecule has 0 aliphatic carbocycles. The number of para-hydroxylation sites is 1. The Balaban J connectivity index is 0.000000380. The summed E-state index contributed by atoms with van der Waals surface area (Å²) in [5.41, 5.74) is 10.0. The third-order valence-corrected chi connectivity index (χ3v) is 10.2. The van der Waals surface area contributed by atoms with Crippen molar-refractivity contribution in [2.45, 2.75) is 65.5 Å². The molecule has 4 N–H and O–H groups in total. The highest BCUT2D eigenvalue weighted by atomic mass is 19.1. The third kappa shape index (κ3) is 12.9. The van der Waals surface area contributed by atoms with Crippen LogP contribution in [0.1, 0.15) is 58.9 Å². The number of nitrogens with zero attached hydrogens (tertiary/aromatic N) is 5. The Hall–Kier alpha value is -5.24. The number of halogens is 2. The van der Waals surface area contributed by atoms with Crippen LogP contribution >= 0.6 is 0 Å². The molecule has 55 heavy (non-hydrogen) atoms. The lowest BCUT2D eigenvalue weighted by Crippen LogP contribution is -2.46. The van der Waals surface area contributed by atoms with Crippen molar-refractivity contribution in [1.29, 1.82) is 0 Å². The second-order valence-electron chi connectivity index (χ2n) is 14.1. The van der Waals surface area contributed by atoms with Crippen LogP contribution in [0.2, 0.25) is 0 Å². The summed E-state index contributed by atoms with van der Waals surface area (Å²) < 4.78 is 42.4. The van der Waals surface area contributed by atoms with Gasteiger partial charge in [-0.1, -0.05) is 64.8 Å². The lowest BCUT2D eigenvalue weighted by molar-refractivity contribution is -0.110. The van der Waals surface area contributed by atoms with Crippen LogP contribution in [0.4, 0.5) is 25.0 Å². The first kappa shape index (κ1) is 42.5. The van der Waals surface area contributed by atoms with Crippen molar-refractivity contribution in [3.05, 3.63) is 103 Å². The van der Waals surface area contributed by atoms with E-state index in [9.17, 15) is 18.4 Å². The number of urea groups is 1. The molecule has 14 heteroatoms. The van der Waals surface area contributed by atoms with Gasteiger partial charge in [0.25, 0.3) is 0 Å². The van der Waals surface area contributed by atoms with Gasteiger partial charge in [0.05, 0.1) is 19.8 Å². The fourth-order valence-corrected chi connectivity index (χ4v) is 7.16. The molecule has 3 aromatic carbocycles. The van der Waals surface area contributed by atoms with Gasteiger partial charge in [-0.15, -0.1) is 0 Å². The van der Waals surface area contributed by atoms with Gasteiger partial charge < -0.3 is 25.0 Å². The molecule has 298 valence electrons. The first-order valence-corrected chi connectivity index (χ1v) is 19.0. The van der Waals surface area contributed by atoms with Crippen LogP contribution in [0.5, 0.6) is 5.75 Å². The van der Waals surface area contributed by atoms with Gasteiger partial charge >= 0.3 is 6.03 Å². The maximum atomic E-state index is 14.8. The van der Waals surface area contributed by atoms with E-state index in [0.717, 1.165) is 56.3 Å². The lowest BCUT2D eigenvalue weighted by atomic mass is 9.85. The van der Waals surface area contributed by atoms with Crippen molar-refractivity contribution in [3.63, 3.8) is 0 Å². The number of rotatable bonds is 14. The normalized spacial score (nSPS) is 17.9. The number of anilines is 2. The molecule has 12 nitrogen and oxygen atoms in total. The van der Waals surface area contributed by atoms with E-state index >= 15 is 0 Å². The van der Waals surface area contributed by atoms with E-state index in [-0.39, 0.29) is 5.92 Å². The number of carbonyl (C=O) groups is 2. The molecule has 2 saturated heterocycles. The molecule has 0 spiro atoms. The summed E-state index contributed by atoms with van der Waals surface area (Å²) in [5, 5.41) is 4.18. The van der Waals surface area contributed by atoms with E-state index in [1.165, 1.54) is 42.7 Å². The average Bonchev–Trinajstić information content (AvgIpc) is 3.86. The molecule has 3 amide bonds. The zero-order chi connectivity index (χ0) is 39.6. The number of hydrogen-bond donors (Lipinski definition) is 3. The molecule has 2 aliphatic heterocycles. The van der Waals surface area contributed by atoms with Crippen molar-refractivity contribution in [2.75, 3.05) is 49.2 Å². The van der Waals surface area contributed by atoms with Gasteiger partial charge in [0.1, 0.15) is 35.6 Å². The minimum atomic E-state index is -0.942. The highest BCUT2D eigenvalue weighted by molar-refractivity contribution is 5.72. The first-order valence-electron chi connectivity index (χ1n) is 19.0. The van der Waals surface area contributed by atoms with Gasteiger partial charge in [-0.05, 0) is 73.1 Å². The quantitative estimate of drug-likeness (QED) is 0.0956. The summed E-state index contributed by atoms with van der Waals surface area (Å²) in [5.74, 6) is 1.59. The Bertz CT molecular complexity index is 1700. The predicted octanol–water partition coefficient (Wildman–Crippen LogP) is 6.68. The minimum Gasteiger partial charge on any atom is -0.494 e. The van der Waals surface area contributed by atoms with E-state index in [0.29, 0.717) is 38.2 Å². The molecule has 1 aromatic heterocycles. The van der Waals surface area contributed by atoms with Crippen LogP contribution < -0.4 is 31.1 Å². The molecule has 0 saturated carbocycles. The van der Waals surface area contributed by atoms with E-state index in [1.807, 2.05) is 29.1 Å². The Labute approximate surface area is 323 Å². The molecular weight excluding hydrogens is 706 g/mol. The SMILES string of the molecule is CCC(CC)C(C)C.Fc1ccc([C@@]2(Cn3cncn3)C[C@H](CCOc3ccc(N4CCN(c5ccccc5)CC4)cc3)CO2)c(F)c1.NC(=O)NNC=O. The number of aromatic nitrogens is 3. The molecule has 0 unspecified atom stereocenters. The summed E-state index contributed by atoms with van der Waals surface area (Å²) in [4.78, 5) is 27.8. The standard InChI is InChI=1S/C31H33F2N5O2.C8H18.C2H5N3O2/c32-25-6-11-29(30(33)18-25)31(21-38-23-34-22-35-38)19-24(20-40-31)12-17-39-28-9-7-27(8-10-28)37-15-13-36(14-16-37)26-4-2-1-3-5-26;1-5-8(6-2)7(3)4;3-2(7)5-4-1-6/h1-11,18,22-24H,12-17,19-21H2;7-8H,5-6H2,1-4H3;1H,(H,4,6)(H3,3,5,7)/t24-,31-;;/m0../s1. The lowest BCUT2D eigenvalue weighted by Gasteiger charge is -2.37. The molecule has 6 rings (SSSR count). The fraction of sp³-hybridized carbons (Fsp3) is 0.463. The van der Waals surface area contributed by atoms with E-state index in [2.05, 4.69) is 89.7 Å². The second-order valence-corrected chi connectivity index (χ2v) is 14.1. The number of nitrogens with one attached hydrogen (secondary N) is 2. The Morgan fingerprint density at radius 2 is 1.65 bits per heavy atom. The number of ether oxygens (including phenoxy) is 2. The van der Waals surface area contributed by atoms with Crippen molar-refractivity contribution in [3.8, 4) is 5.75 Å². The monoisotopic (exact) mass is 762 g/mol. The molecule has 2 fully saturated rings. The van der Waals surface area contributed by atoms with Crippen molar-refractivity contribution < 1.29 is 27.8 Å². The summed E-state index contributed by atoms with van der Waals surface area (Å²) >= 11 is 0. The predicted molar refractivity (Wildman–Crippen MR) is 210 cm³/mol. The van der Waals surface area contributed by atoms with E-state index in [1.54, 1.807) is 11.0 Å². The fourth-order valence-electron chi connectivity index (χ4n) is 7.16. The Morgan fingerprint density at radius 3 is 2.16 bits per heavy atom. The second kappa shape index (κ2) is 21.6. The van der Waals surface area contributed by atoms with Crippen LogP contribution in [-0.4, -0.2) is 66.6 Å². The van der Waals surface area contributed by atoms with Gasteiger partial charge in [0.15, 0.2) is 0 Å². The maximum absolute atomic E-state index is 14.8. The maximum Gasteiger partial charge on any atom is 0.330 e. The number of amides is 3. The summed E-state index contributed by atoms with van der Waals surface area (Å²) in [6, 6.07) is 21.7. The molecule has 3 heterocycles. The van der Waals surface area contributed by atoms with E-state index in [4.69, 9.17) is 9.47 Å². The molecule has 2 atom stereocenters. The smallest absolute Gasteiger partial charge is 0.330 e. The number of carbonyl (C=O) groups excluding carboxylic acids is 2. The minimum absolute atomic E-state index is 0.160. The summed E-state index contributed by atoms with van der Waals surface area (Å²) in [6.45, 7) is 14.4. The topological polar surface area (TPSA) is 140 Å². The van der Waals surface area contributed by atoms with Crippen LogP contribution in [-0.2, 0) is 21.7 Å². The van der Waals surface area contributed by atoms with Gasteiger partial charge in [0, 0.05) is 49.2 Å². The molecule has 4 aromatic rings. The Kier molecular flexibility index (Phi) is 16.7. The first-order chi connectivity index (χ1) is 26.6. The van der Waals surface area contributed by atoms with Gasteiger partial charge in [-0.2, -0.15) is 5.10 Å². The number of hydrogen-bond acceptors (Lipinski definition) is 8. The number of nitrogens with two attached hydrogens (primary N) is 1. The molecular formula is C41H56F2N8O4. The number of benzene rings is 3. The molecule has 0 radical (unpaired) electrons. The van der Waals surface area contributed by atoms with Crippen LogP contribution in [0.15, 0.2) is 85.5 Å². The summed E-state index contributed by atoms with van der Waals surface area (Å²) in [7, 11) is 0. The Morgan fingerprint density at radius 1 is 1.00 bits per heavy atom. The zero-order valence-electron chi connectivity index (χ0n) is 32.4. The molecule has 2 aliphatic rings. The van der Waals surface area contributed by atoms with Crippen LogP contribution in [0, 0.1) is 29.4 Å². The average molecular weight is 763 g/mol. The third-order valence-electron chi connectivity index (χ3n) is 10.2. The largest absolute Gasteiger partial charge is 0.494 e. The zero-order valence-corrected chi connectivity index (χ0v) is 32.4. The number of hydrazine groups is 1. The van der Waals surface area contributed by atoms with Gasteiger partial charge in [-0.3, -0.25) is 10.2 Å². The van der Waals surface area contributed by atoms with Gasteiger partial charge in [0.2, 0.25) is 6.41 Å². The van der Waals surface area contributed by atoms with E-state index < -0.39 is 23.3 Å². The number of primary amides is 1. The number of piperazine rings is 1. The highest BCUT2D eigenvalue weighted by Gasteiger charge is 2.44. The van der Waals surface area contributed by atoms with Crippen molar-refractivity contribution in [2.24, 2.45) is 23.5 Å². The van der Waals surface area contributed by atoms with Crippen LogP contribution in [0.25, 0.3) is 0 Å². The van der Waals surface area contributed by atoms with Gasteiger partial charge in [-0.25, -0.2) is 28.7 Å². The summed E-state index contributed by atoms with van der Waals surface area (Å²) in [6.07, 6.45) is 7.34. The van der Waals surface area contributed by atoms with Crippen LogP contribution in [0.3, 0.4) is 0 Å². The highest BCUT2D eigenvalue weighted by Crippen LogP contribution is 2.43. The van der Waals surface area contributed by atoms with Crippen molar-refractivity contribution >= 4 is 23.8 Å². The molecule has 0 bridgehead atoms.